The molecule has 2 N–H and O–H groups in total. The van der Waals surface area contributed by atoms with Crippen LogP contribution in [0.4, 0.5) is 5.82 Å². The quantitative estimate of drug-likeness (QED) is 0.816. The van der Waals surface area contributed by atoms with Gasteiger partial charge in [0.1, 0.15) is 0 Å². The summed E-state index contributed by atoms with van der Waals surface area (Å²) in [5.41, 5.74) is 0.933. The summed E-state index contributed by atoms with van der Waals surface area (Å²) in [4.78, 5) is 14.0. The standard InChI is InChI=1S/C16H25N5O/c1-12-4-7-15(20-19-12)21-8-2-3-14(11-21)17-10-16(22)18-9-13-5-6-13/h4,7,13-14,17H,2-3,5-6,8-11H2,1H3,(H,18,22)/t14-/m1/s1. The number of rotatable bonds is 6. The lowest BCUT2D eigenvalue weighted by Crippen LogP contribution is -2.49. The third-order valence-corrected chi connectivity index (χ3v) is 4.37. The SMILES string of the molecule is Cc1ccc(N2CCC[C@@H](NCC(=O)NCC3CC3)C2)nn1. The van der Waals surface area contributed by atoms with Crippen LogP contribution < -0.4 is 15.5 Å². The molecule has 6 heteroatoms. The monoisotopic (exact) mass is 303 g/mol. The molecule has 2 fully saturated rings. The molecule has 6 nitrogen and oxygen atoms in total. The molecular weight excluding hydrogens is 278 g/mol. The Kier molecular flexibility index (Phi) is 4.87. The lowest BCUT2D eigenvalue weighted by molar-refractivity contribution is -0.120. The number of hydrogen-bond donors (Lipinski definition) is 2. The third kappa shape index (κ3) is 4.40. The Morgan fingerprint density at radius 3 is 2.91 bits per heavy atom. The Labute approximate surface area is 131 Å². The highest BCUT2D eigenvalue weighted by atomic mass is 16.1. The largest absolute Gasteiger partial charge is 0.355 e. The van der Waals surface area contributed by atoms with Gasteiger partial charge in [0.05, 0.1) is 12.2 Å². The average molecular weight is 303 g/mol. The molecule has 0 aromatic carbocycles. The van der Waals surface area contributed by atoms with Crippen molar-refractivity contribution in [3.05, 3.63) is 17.8 Å². The number of aryl methyl sites for hydroxylation is 1. The maximum atomic E-state index is 11.8. The minimum absolute atomic E-state index is 0.110. The van der Waals surface area contributed by atoms with Crippen molar-refractivity contribution in [1.29, 1.82) is 0 Å². The van der Waals surface area contributed by atoms with E-state index in [4.69, 9.17) is 0 Å². The van der Waals surface area contributed by atoms with Crippen LogP contribution in [0.3, 0.4) is 0 Å². The van der Waals surface area contributed by atoms with Gasteiger partial charge in [0.2, 0.25) is 5.91 Å². The summed E-state index contributed by atoms with van der Waals surface area (Å²) in [7, 11) is 0. The number of hydrogen-bond acceptors (Lipinski definition) is 5. The predicted molar refractivity (Wildman–Crippen MR) is 85.7 cm³/mol. The average Bonchev–Trinajstić information content (AvgIpc) is 3.36. The topological polar surface area (TPSA) is 70.2 Å². The molecule has 22 heavy (non-hydrogen) atoms. The van der Waals surface area contributed by atoms with Gasteiger partial charge in [-0.2, -0.15) is 5.10 Å². The molecule has 1 aromatic rings. The van der Waals surface area contributed by atoms with E-state index in [1.807, 2.05) is 19.1 Å². The highest BCUT2D eigenvalue weighted by molar-refractivity contribution is 5.78. The number of nitrogens with one attached hydrogen (secondary N) is 2. The van der Waals surface area contributed by atoms with Crippen LogP contribution in [0.2, 0.25) is 0 Å². The zero-order valence-corrected chi connectivity index (χ0v) is 13.2. The van der Waals surface area contributed by atoms with E-state index < -0.39 is 0 Å². The smallest absolute Gasteiger partial charge is 0.233 e. The van der Waals surface area contributed by atoms with Crippen LogP contribution in [-0.2, 0) is 4.79 Å². The van der Waals surface area contributed by atoms with Crippen molar-refractivity contribution in [2.24, 2.45) is 5.92 Å². The summed E-state index contributed by atoms with van der Waals surface area (Å²) >= 11 is 0. The Hall–Kier alpha value is -1.69. The fourth-order valence-corrected chi connectivity index (χ4v) is 2.79. The summed E-state index contributed by atoms with van der Waals surface area (Å²) in [6.07, 6.45) is 4.74. The highest BCUT2D eigenvalue weighted by Crippen LogP contribution is 2.27. The number of nitrogens with zero attached hydrogens (tertiary/aromatic N) is 3. The van der Waals surface area contributed by atoms with Crippen molar-refractivity contribution in [3.63, 3.8) is 0 Å². The summed E-state index contributed by atoms with van der Waals surface area (Å²) in [5.74, 6) is 1.77. The van der Waals surface area contributed by atoms with E-state index in [2.05, 4.69) is 25.7 Å². The molecule has 1 atom stereocenters. The van der Waals surface area contributed by atoms with Gasteiger partial charge < -0.3 is 15.5 Å². The number of piperidine rings is 1. The van der Waals surface area contributed by atoms with Gasteiger partial charge in [-0.1, -0.05) is 0 Å². The predicted octanol–water partition coefficient (Wildman–Crippen LogP) is 0.870. The zero-order valence-electron chi connectivity index (χ0n) is 13.2. The van der Waals surface area contributed by atoms with Crippen molar-refractivity contribution in [2.45, 2.75) is 38.6 Å². The molecule has 1 saturated carbocycles. The van der Waals surface area contributed by atoms with E-state index in [1.54, 1.807) is 0 Å². The van der Waals surface area contributed by atoms with Gasteiger partial charge >= 0.3 is 0 Å². The molecule has 0 unspecified atom stereocenters. The number of anilines is 1. The molecule has 1 aliphatic carbocycles. The Balaban J connectivity index is 1.43. The third-order valence-electron chi connectivity index (χ3n) is 4.37. The van der Waals surface area contributed by atoms with Crippen LogP contribution in [-0.4, -0.2) is 48.3 Å². The van der Waals surface area contributed by atoms with Gasteiger partial charge in [-0.3, -0.25) is 4.79 Å². The molecule has 1 aliphatic heterocycles. The summed E-state index contributed by atoms with van der Waals surface area (Å²) < 4.78 is 0. The Bertz CT molecular complexity index is 500. The fraction of sp³-hybridized carbons (Fsp3) is 0.688. The summed E-state index contributed by atoms with van der Waals surface area (Å²) in [5, 5.41) is 14.8. The molecule has 1 amide bonds. The van der Waals surface area contributed by atoms with Crippen LogP contribution in [0.25, 0.3) is 0 Å². The zero-order chi connectivity index (χ0) is 15.4. The maximum absolute atomic E-state index is 11.8. The van der Waals surface area contributed by atoms with E-state index in [0.717, 1.165) is 49.9 Å². The molecule has 0 bridgehead atoms. The fourth-order valence-electron chi connectivity index (χ4n) is 2.79. The van der Waals surface area contributed by atoms with Crippen LogP contribution in [0.15, 0.2) is 12.1 Å². The maximum Gasteiger partial charge on any atom is 0.233 e. The minimum atomic E-state index is 0.110. The van der Waals surface area contributed by atoms with Crippen molar-refractivity contribution in [2.75, 3.05) is 31.1 Å². The Morgan fingerprint density at radius 2 is 2.18 bits per heavy atom. The van der Waals surface area contributed by atoms with E-state index >= 15 is 0 Å². The molecule has 2 aliphatic rings. The van der Waals surface area contributed by atoms with Crippen molar-refractivity contribution in [3.8, 4) is 0 Å². The first kappa shape index (κ1) is 15.2. The molecule has 1 aromatic heterocycles. The minimum Gasteiger partial charge on any atom is -0.355 e. The van der Waals surface area contributed by atoms with Gasteiger partial charge in [-0.15, -0.1) is 5.10 Å². The first-order chi connectivity index (χ1) is 10.7. The van der Waals surface area contributed by atoms with Crippen LogP contribution in [0, 0.1) is 12.8 Å². The lowest BCUT2D eigenvalue weighted by Gasteiger charge is -2.33. The van der Waals surface area contributed by atoms with Crippen molar-refractivity contribution in [1.82, 2.24) is 20.8 Å². The van der Waals surface area contributed by atoms with E-state index in [1.165, 1.54) is 12.8 Å². The molecule has 2 heterocycles. The molecular formula is C16H25N5O. The summed E-state index contributed by atoms with van der Waals surface area (Å²) in [6.45, 7) is 5.08. The van der Waals surface area contributed by atoms with Crippen molar-refractivity contribution < 1.29 is 4.79 Å². The van der Waals surface area contributed by atoms with Crippen LogP contribution in [0.5, 0.6) is 0 Å². The summed E-state index contributed by atoms with van der Waals surface area (Å²) in [6, 6.07) is 4.35. The van der Waals surface area contributed by atoms with Crippen LogP contribution in [0.1, 0.15) is 31.4 Å². The number of aromatic nitrogens is 2. The molecule has 0 radical (unpaired) electrons. The first-order valence-electron chi connectivity index (χ1n) is 8.26. The second-order valence-electron chi connectivity index (χ2n) is 6.45. The molecule has 3 rings (SSSR count). The lowest BCUT2D eigenvalue weighted by atomic mass is 10.1. The van der Waals surface area contributed by atoms with Crippen LogP contribution >= 0.6 is 0 Å². The van der Waals surface area contributed by atoms with Gasteiger partial charge in [-0.05, 0) is 50.7 Å². The second-order valence-corrected chi connectivity index (χ2v) is 6.45. The normalized spacial score (nSPS) is 21.7. The number of amides is 1. The molecule has 120 valence electrons. The molecule has 0 spiro atoms. The number of carbonyl (C=O) groups is 1. The highest BCUT2D eigenvalue weighted by Gasteiger charge is 2.23. The van der Waals surface area contributed by atoms with E-state index in [9.17, 15) is 4.79 Å². The van der Waals surface area contributed by atoms with Gasteiger partial charge in [0, 0.05) is 25.7 Å². The van der Waals surface area contributed by atoms with Gasteiger partial charge in [0.15, 0.2) is 5.82 Å². The second kappa shape index (κ2) is 7.05. The van der Waals surface area contributed by atoms with Crippen molar-refractivity contribution >= 4 is 11.7 Å². The Morgan fingerprint density at radius 1 is 1.32 bits per heavy atom. The molecule has 1 saturated heterocycles. The van der Waals surface area contributed by atoms with E-state index in [0.29, 0.717) is 12.6 Å². The van der Waals surface area contributed by atoms with Gasteiger partial charge in [0.25, 0.3) is 0 Å². The number of carbonyl (C=O) groups excluding carboxylic acids is 1. The van der Waals surface area contributed by atoms with Gasteiger partial charge in [-0.25, -0.2) is 0 Å². The van der Waals surface area contributed by atoms with E-state index in [-0.39, 0.29) is 5.91 Å². The first-order valence-corrected chi connectivity index (χ1v) is 8.26.